The van der Waals surface area contributed by atoms with Crippen LogP contribution in [0.5, 0.6) is 0 Å². The molecule has 0 aliphatic heterocycles. The van der Waals surface area contributed by atoms with E-state index >= 15 is 0 Å². The molecule has 0 fully saturated rings. The highest BCUT2D eigenvalue weighted by Gasteiger charge is 2.11. The number of carbonyl (C=O) groups is 1. The fraction of sp³-hybridized carbons (Fsp3) is 0.600. The summed E-state index contributed by atoms with van der Waals surface area (Å²) in [5, 5.41) is 6.50. The van der Waals surface area contributed by atoms with Crippen LogP contribution in [0.15, 0.2) is 35.3 Å². The highest BCUT2D eigenvalue weighted by Crippen LogP contribution is 2.14. The Morgan fingerprint density at radius 3 is 2.35 bits per heavy atom. The molecule has 1 rings (SSSR count). The van der Waals surface area contributed by atoms with Crippen LogP contribution in [0.1, 0.15) is 34.1 Å². The molecule has 0 radical (unpaired) electrons. The normalized spacial score (nSPS) is 12.4. The van der Waals surface area contributed by atoms with Crippen LogP contribution in [-0.2, 0) is 4.79 Å². The van der Waals surface area contributed by atoms with Gasteiger partial charge in [0.2, 0.25) is 5.91 Å². The number of rotatable bonds is 10. The topological polar surface area (TPSA) is 60.0 Å². The molecule has 0 bridgehead atoms. The van der Waals surface area contributed by atoms with E-state index in [1.807, 2.05) is 43.9 Å². The Bertz CT molecular complexity index is 542. The summed E-state index contributed by atoms with van der Waals surface area (Å²) in [6.07, 6.45) is 0.478. The minimum absolute atomic E-state index is 0.176. The van der Waals surface area contributed by atoms with Crippen molar-refractivity contribution in [1.29, 1.82) is 0 Å². The molecule has 0 spiro atoms. The summed E-state index contributed by atoms with van der Waals surface area (Å²) in [6, 6.07) is 10.6. The van der Waals surface area contributed by atoms with Gasteiger partial charge in [0.15, 0.2) is 5.96 Å². The molecule has 0 heterocycles. The Kier molecular flexibility index (Phi) is 10.2. The molecule has 0 aromatic heterocycles. The van der Waals surface area contributed by atoms with Gasteiger partial charge in [0.25, 0.3) is 0 Å². The fourth-order valence-electron chi connectivity index (χ4n) is 2.63. The van der Waals surface area contributed by atoms with E-state index in [1.54, 1.807) is 0 Å². The van der Waals surface area contributed by atoms with E-state index in [4.69, 9.17) is 0 Å². The summed E-state index contributed by atoms with van der Waals surface area (Å²) in [5.41, 5.74) is 1.18. The molecule has 1 aromatic rings. The van der Waals surface area contributed by atoms with Gasteiger partial charge in [0, 0.05) is 51.4 Å². The summed E-state index contributed by atoms with van der Waals surface area (Å²) in [4.78, 5) is 20.8. The summed E-state index contributed by atoms with van der Waals surface area (Å²) >= 11 is 0. The molecule has 1 amide bonds. The summed E-state index contributed by atoms with van der Waals surface area (Å²) < 4.78 is 0. The molecule has 0 aliphatic carbocycles. The molecule has 1 aromatic carbocycles. The van der Waals surface area contributed by atoms with E-state index < -0.39 is 0 Å². The average molecular weight is 362 g/mol. The first-order valence-electron chi connectivity index (χ1n) is 9.61. The quantitative estimate of drug-likeness (QED) is 0.496. The lowest BCUT2D eigenvalue weighted by atomic mass is 10.2. The largest absolute Gasteiger partial charge is 0.370 e. The highest BCUT2D eigenvalue weighted by molar-refractivity contribution is 5.81. The van der Waals surface area contributed by atoms with Crippen LogP contribution >= 0.6 is 0 Å². The number of nitrogens with one attached hydrogen (secondary N) is 2. The van der Waals surface area contributed by atoms with Crippen LogP contribution in [0.2, 0.25) is 0 Å². The molecule has 26 heavy (non-hydrogen) atoms. The molecule has 0 saturated carbocycles. The molecule has 1 atom stereocenters. The molecule has 2 N–H and O–H groups in total. The van der Waals surface area contributed by atoms with Gasteiger partial charge in [-0.25, -0.2) is 0 Å². The predicted molar refractivity (Wildman–Crippen MR) is 111 cm³/mol. The number of guanidine groups is 1. The molecular formula is C20H35N5O. The first-order valence-corrected chi connectivity index (χ1v) is 9.61. The zero-order valence-electron chi connectivity index (χ0n) is 17.0. The third-order valence-corrected chi connectivity index (χ3v) is 4.43. The van der Waals surface area contributed by atoms with E-state index in [9.17, 15) is 4.79 Å². The van der Waals surface area contributed by atoms with Crippen molar-refractivity contribution in [1.82, 2.24) is 15.5 Å². The van der Waals surface area contributed by atoms with E-state index in [2.05, 4.69) is 46.6 Å². The molecule has 6 heteroatoms. The number of nitrogens with zero attached hydrogens (tertiary/aromatic N) is 3. The monoisotopic (exact) mass is 361 g/mol. The number of likely N-dealkylation sites (N-methyl/N-ethyl adjacent to an activating group) is 1. The first-order chi connectivity index (χ1) is 12.5. The second kappa shape index (κ2) is 12.2. The lowest BCUT2D eigenvalue weighted by Crippen LogP contribution is -2.41. The number of para-hydroxylation sites is 1. The van der Waals surface area contributed by atoms with E-state index in [0.717, 1.165) is 25.6 Å². The van der Waals surface area contributed by atoms with Crippen molar-refractivity contribution in [2.45, 2.75) is 40.2 Å². The minimum Gasteiger partial charge on any atom is -0.370 e. The van der Waals surface area contributed by atoms with Crippen LogP contribution < -0.4 is 15.5 Å². The number of aliphatic imine (C=N–C) groups is 1. The van der Waals surface area contributed by atoms with Crippen LogP contribution in [0.3, 0.4) is 0 Å². The molecule has 146 valence electrons. The Balaban J connectivity index is 2.53. The SMILES string of the molecule is CCNC(=NCC(C)N(C)c1ccccc1)NCCC(=O)N(CC)CC. The number of hydrogen-bond acceptors (Lipinski definition) is 3. The number of carbonyl (C=O) groups excluding carboxylic acids is 1. The van der Waals surface area contributed by atoms with Crippen molar-refractivity contribution < 1.29 is 4.79 Å². The van der Waals surface area contributed by atoms with Crippen LogP contribution in [-0.4, -0.2) is 62.6 Å². The third kappa shape index (κ3) is 7.33. The maximum Gasteiger partial charge on any atom is 0.224 e. The number of amides is 1. The van der Waals surface area contributed by atoms with Crippen molar-refractivity contribution in [3.8, 4) is 0 Å². The van der Waals surface area contributed by atoms with Gasteiger partial charge in [-0.05, 0) is 39.8 Å². The van der Waals surface area contributed by atoms with Crippen molar-refractivity contribution in [2.75, 3.05) is 44.7 Å². The Morgan fingerprint density at radius 1 is 1.12 bits per heavy atom. The second-order valence-electron chi connectivity index (χ2n) is 6.26. The highest BCUT2D eigenvalue weighted by atomic mass is 16.2. The maximum atomic E-state index is 12.1. The lowest BCUT2D eigenvalue weighted by molar-refractivity contribution is -0.130. The molecule has 1 unspecified atom stereocenters. The van der Waals surface area contributed by atoms with Gasteiger partial charge in [0.05, 0.1) is 6.54 Å². The van der Waals surface area contributed by atoms with Crippen LogP contribution in [0.25, 0.3) is 0 Å². The van der Waals surface area contributed by atoms with E-state index in [0.29, 0.717) is 19.5 Å². The minimum atomic E-state index is 0.176. The van der Waals surface area contributed by atoms with Crippen LogP contribution in [0, 0.1) is 0 Å². The first kappa shape index (κ1) is 21.8. The Hall–Kier alpha value is -2.24. The van der Waals surface area contributed by atoms with Gasteiger partial charge in [0.1, 0.15) is 0 Å². The van der Waals surface area contributed by atoms with E-state index in [1.165, 1.54) is 5.69 Å². The van der Waals surface area contributed by atoms with Gasteiger partial charge in [-0.2, -0.15) is 0 Å². The van der Waals surface area contributed by atoms with Crippen molar-refractivity contribution in [3.05, 3.63) is 30.3 Å². The summed E-state index contributed by atoms with van der Waals surface area (Å²) in [7, 11) is 2.08. The zero-order chi connectivity index (χ0) is 19.4. The predicted octanol–water partition coefficient (Wildman–Crippen LogP) is 2.32. The third-order valence-electron chi connectivity index (χ3n) is 4.43. The van der Waals surface area contributed by atoms with Gasteiger partial charge in [-0.15, -0.1) is 0 Å². The zero-order valence-corrected chi connectivity index (χ0v) is 17.0. The Morgan fingerprint density at radius 2 is 1.77 bits per heavy atom. The average Bonchev–Trinajstić information content (AvgIpc) is 2.66. The van der Waals surface area contributed by atoms with Crippen molar-refractivity contribution >= 4 is 17.6 Å². The number of anilines is 1. The lowest BCUT2D eigenvalue weighted by Gasteiger charge is -2.26. The maximum absolute atomic E-state index is 12.1. The summed E-state index contributed by atoms with van der Waals surface area (Å²) in [5.74, 6) is 0.934. The standard InChI is InChI=1S/C20H35N5O/c1-6-21-20(22-15-14-19(26)25(7-2)8-3)23-16-17(4)24(5)18-12-10-9-11-13-18/h9-13,17H,6-8,14-16H2,1-5H3,(H2,21,22,23). The molecule has 0 saturated heterocycles. The van der Waals surface area contributed by atoms with Crippen molar-refractivity contribution in [2.24, 2.45) is 4.99 Å². The van der Waals surface area contributed by atoms with E-state index in [-0.39, 0.29) is 11.9 Å². The van der Waals surface area contributed by atoms with Crippen molar-refractivity contribution in [3.63, 3.8) is 0 Å². The second-order valence-corrected chi connectivity index (χ2v) is 6.26. The molecule has 0 aliphatic rings. The number of hydrogen-bond donors (Lipinski definition) is 2. The van der Waals surface area contributed by atoms with Gasteiger partial charge in [-0.1, -0.05) is 18.2 Å². The number of benzene rings is 1. The van der Waals surface area contributed by atoms with Crippen LogP contribution in [0.4, 0.5) is 5.69 Å². The fourth-order valence-corrected chi connectivity index (χ4v) is 2.63. The summed E-state index contributed by atoms with van der Waals surface area (Å²) in [6.45, 7) is 11.8. The van der Waals surface area contributed by atoms with Gasteiger partial charge >= 0.3 is 0 Å². The van der Waals surface area contributed by atoms with Gasteiger partial charge in [-0.3, -0.25) is 9.79 Å². The molecular weight excluding hydrogens is 326 g/mol. The van der Waals surface area contributed by atoms with Gasteiger partial charge < -0.3 is 20.4 Å². The molecule has 6 nitrogen and oxygen atoms in total. The Labute approximate surface area is 158 Å². The smallest absolute Gasteiger partial charge is 0.224 e.